The molecular weight excluding hydrogens is 223 g/mol. The van der Waals surface area contributed by atoms with Gasteiger partial charge in [0.15, 0.2) is 0 Å². The average molecular weight is 229 g/mol. The van der Waals surface area contributed by atoms with Crippen LogP contribution in [0.15, 0.2) is 24.3 Å². The summed E-state index contributed by atoms with van der Waals surface area (Å²) in [5.41, 5.74) is 0.183. The molecular formula is C7H6ClF2Zn. The molecule has 0 N–H and O–H groups in total. The number of hydrogen-bond donors (Lipinski definition) is 0. The molecule has 0 nitrogen and oxygen atoms in total. The summed E-state index contributed by atoms with van der Waals surface area (Å²) < 4.78 is 24.0. The zero-order chi connectivity index (χ0) is 7.56. The van der Waals surface area contributed by atoms with Crippen LogP contribution in [-0.4, -0.2) is 0 Å². The van der Waals surface area contributed by atoms with Gasteiger partial charge in [-0.05, 0) is 0 Å². The SMILES string of the molecule is Cl.Fc1ccccc1[CH](F)[Zn]. The van der Waals surface area contributed by atoms with Crippen LogP contribution in [-0.2, 0) is 18.3 Å². The third kappa shape index (κ3) is 2.84. The van der Waals surface area contributed by atoms with Crippen molar-refractivity contribution < 1.29 is 27.1 Å². The molecule has 0 aliphatic heterocycles. The van der Waals surface area contributed by atoms with Crippen LogP contribution < -0.4 is 0 Å². The Morgan fingerprint density at radius 2 is 1.82 bits per heavy atom. The zero-order valence-electron chi connectivity index (χ0n) is 5.76. The van der Waals surface area contributed by atoms with Crippen molar-refractivity contribution in [2.75, 3.05) is 0 Å². The molecule has 0 aromatic heterocycles. The van der Waals surface area contributed by atoms with Crippen LogP contribution in [0.25, 0.3) is 0 Å². The second-order valence-electron chi connectivity index (χ2n) is 1.99. The van der Waals surface area contributed by atoms with Crippen molar-refractivity contribution in [2.45, 2.75) is 4.77 Å². The zero-order valence-corrected chi connectivity index (χ0v) is 9.54. The van der Waals surface area contributed by atoms with Gasteiger partial charge in [0, 0.05) is 0 Å². The fourth-order valence-electron chi connectivity index (χ4n) is 0.729. The van der Waals surface area contributed by atoms with Gasteiger partial charge >= 0.3 is 67.5 Å². The van der Waals surface area contributed by atoms with Gasteiger partial charge in [0.1, 0.15) is 0 Å². The molecule has 0 spiro atoms. The maximum absolute atomic E-state index is 12.6. The van der Waals surface area contributed by atoms with Gasteiger partial charge in [0.05, 0.1) is 0 Å². The Kier molecular flexibility index (Phi) is 4.78. The summed E-state index contributed by atoms with van der Waals surface area (Å²) in [7, 11) is 0. The van der Waals surface area contributed by atoms with Gasteiger partial charge in [0.25, 0.3) is 0 Å². The van der Waals surface area contributed by atoms with E-state index in [-0.39, 0.29) is 18.0 Å². The molecule has 0 bridgehead atoms. The van der Waals surface area contributed by atoms with Gasteiger partial charge in [-0.25, -0.2) is 0 Å². The number of alkyl halides is 1. The molecule has 1 aromatic rings. The third-order valence-electron chi connectivity index (χ3n) is 1.24. The third-order valence-corrected chi connectivity index (χ3v) is 2.17. The van der Waals surface area contributed by atoms with Crippen molar-refractivity contribution in [1.82, 2.24) is 0 Å². The van der Waals surface area contributed by atoms with E-state index >= 15 is 0 Å². The number of benzene rings is 1. The van der Waals surface area contributed by atoms with Crippen LogP contribution in [0.3, 0.4) is 0 Å². The standard InChI is InChI=1S/C7H5F2.ClH.Zn/c8-5-6-3-1-2-4-7(6)9;;/h1-5H;1H;. The van der Waals surface area contributed by atoms with Gasteiger partial charge in [-0.1, -0.05) is 0 Å². The Morgan fingerprint density at radius 3 is 2.18 bits per heavy atom. The summed E-state index contributed by atoms with van der Waals surface area (Å²) >= 11 is 0.445. The van der Waals surface area contributed by atoms with Gasteiger partial charge < -0.3 is 0 Å². The van der Waals surface area contributed by atoms with E-state index in [4.69, 9.17) is 0 Å². The van der Waals surface area contributed by atoms with E-state index < -0.39 is 10.6 Å². The van der Waals surface area contributed by atoms with E-state index in [0.717, 1.165) is 0 Å². The minimum atomic E-state index is -1.10. The predicted molar refractivity (Wildman–Crippen MR) is 37.5 cm³/mol. The van der Waals surface area contributed by atoms with Crippen molar-refractivity contribution >= 4 is 12.4 Å². The first kappa shape index (κ1) is 11.0. The van der Waals surface area contributed by atoms with E-state index in [1.54, 1.807) is 12.1 Å². The maximum atomic E-state index is 12.6. The average Bonchev–Trinajstić information content (AvgIpc) is 1.88. The molecule has 0 saturated heterocycles. The molecule has 1 aromatic carbocycles. The molecule has 0 fully saturated rings. The van der Waals surface area contributed by atoms with Crippen molar-refractivity contribution in [2.24, 2.45) is 0 Å². The number of rotatable bonds is 1. The van der Waals surface area contributed by atoms with Crippen molar-refractivity contribution in [3.05, 3.63) is 35.6 Å². The quantitative estimate of drug-likeness (QED) is 0.649. The fraction of sp³-hybridized carbons (Fsp3) is 0.143. The van der Waals surface area contributed by atoms with Crippen LogP contribution in [0, 0.1) is 5.82 Å². The normalized spacial score (nSPS) is 12.0. The summed E-state index contributed by atoms with van der Waals surface area (Å²) in [6.45, 7) is 0. The summed E-state index contributed by atoms with van der Waals surface area (Å²) in [5, 5.41) is 0. The van der Waals surface area contributed by atoms with E-state index in [1.165, 1.54) is 12.1 Å². The molecule has 0 amide bonds. The Bertz CT molecular complexity index is 227. The van der Waals surface area contributed by atoms with E-state index in [9.17, 15) is 8.78 Å². The molecule has 1 rings (SSSR count). The molecule has 0 heterocycles. The molecule has 0 aliphatic rings. The molecule has 11 heavy (non-hydrogen) atoms. The Labute approximate surface area is 80.1 Å². The topological polar surface area (TPSA) is 0 Å². The predicted octanol–water partition coefficient (Wildman–Crippen LogP) is 2.76. The summed E-state index contributed by atoms with van der Waals surface area (Å²) in [4.78, 5) is 0. The minimum absolute atomic E-state index is 0. The summed E-state index contributed by atoms with van der Waals surface area (Å²) in [6.07, 6.45) is 0. The van der Waals surface area contributed by atoms with Crippen molar-refractivity contribution in [3.8, 4) is 0 Å². The number of halogens is 3. The fourth-order valence-corrected chi connectivity index (χ4v) is 1.42. The van der Waals surface area contributed by atoms with Gasteiger partial charge in [0.2, 0.25) is 0 Å². The second kappa shape index (κ2) is 4.79. The Hall–Kier alpha value is -0.00662. The van der Waals surface area contributed by atoms with Crippen molar-refractivity contribution in [1.29, 1.82) is 0 Å². The van der Waals surface area contributed by atoms with Gasteiger partial charge in [-0.3, -0.25) is 0 Å². The van der Waals surface area contributed by atoms with Gasteiger partial charge in [-0.15, -0.1) is 12.4 Å². The van der Waals surface area contributed by atoms with Crippen LogP contribution >= 0.6 is 12.4 Å². The van der Waals surface area contributed by atoms with Gasteiger partial charge in [-0.2, -0.15) is 0 Å². The molecule has 0 saturated carbocycles. The molecule has 57 valence electrons. The first-order chi connectivity index (χ1) is 4.72. The molecule has 4 heteroatoms. The van der Waals surface area contributed by atoms with E-state index in [0.29, 0.717) is 18.3 Å². The summed E-state index contributed by atoms with van der Waals surface area (Å²) in [5.74, 6) is -0.443. The molecule has 1 unspecified atom stereocenters. The van der Waals surface area contributed by atoms with Crippen LogP contribution in [0.2, 0.25) is 0 Å². The van der Waals surface area contributed by atoms with Crippen LogP contribution in [0.4, 0.5) is 8.78 Å². The Morgan fingerprint density at radius 1 is 1.27 bits per heavy atom. The molecule has 0 aliphatic carbocycles. The molecule has 1 atom stereocenters. The Balaban J connectivity index is 0.000001000. The van der Waals surface area contributed by atoms with Crippen LogP contribution in [0.1, 0.15) is 10.3 Å². The van der Waals surface area contributed by atoms with Crippen LogP contribution in [0.5, 0.6) is 0 Å². The number of hydrogen-bond acceptors (Lipinski definition) is 0. The monoisotopic (exact) mass is 227 g/mol. The van der Waals surface area contributed by atoms with E-state index in [2.05, 4.69) is 0 Å². The van der Waals surface area contributed by atoms with Crippen molar-refractivity contribution in [3.63, 3.8) is 0 Å². The second-order valence-corrected chi connectivity index (χ2v) is 3.49. The summed E-state index contributed by atoms with van der Waals surface area (Å²) in [6, 6.07) is 5.95. The first-order valence-corrected chi connectivity index (χ1v) is 4.64. The van der Waals surface area contributed by atoms with E-state index in [1.807, 2.05) is 0 Å². The molecule has 0 radical (unpaired) electrons. The first-order valence-electron chi connectivity index (χ1n) is 2.93.